The summed E-state index contributed by atoms with van der Waals surface area (Å²) in [6, 6.07) is 14.2. The van der Waals surface area contributed by atoms with Gasteiger partial charge in [0.1, 0.15) is 5.82 Å². The van der Waals surface area contributed by atoms with Crippen LogP contribution in [0.2, 0.25) is 0 Å². The molecule has 1 aromatic heterocycles. The summed E-state index contributed by atoms with van der Waals surface area (Å²) in [5, 5.41) is 0. The number of Topliss-reactive ketones (excluding diaryl/α,β-unsaturated/α-hetero) is 2. The second kappa shape index (κ2) is 8.45. The molecule has 0 aliphatic rings. The highest BCUT2D eigenvalue weighted by molar-refractivity contribution is 7.90. The van der Waals surface area contributed by atoms with Crippen molar-refractivity contribution in [2.45, 2.75) is 17.2 Å². The Bertz CT molecular complexity index is 1130. The van der Waals surface area contributed by atoms with Crippen molar-refractivity contribution >= 4 is 21.4 Å². The molecule has 0 radical (unpaired) electrons. The maximum Gasteiger partial charge on any atom is 0.175 e. The topological polar surface area (TPSA) is 81.2 Å². The summed E-state index contributed by atoms with van der Waals surface area (Å²) in [5.74, 6) is -1.84. The molecule has 7 heteroatoms. The van der Waals surface area contributed by atoms with E-state index in [0.717, 1.165) is 6.26 Å². The Labute approximate surface area is 168 Å². The van der Waals surface area contributed by atoms with Gasteiger partial charge in [-0.05, 0) is 42.0 Å². The monoisotopic (exact) mass is 411 g/mol. The third kappa shape index (κ3) is 5.00. The molecule has 1 heterocycles. The maximum atomic E-state index is 13.3. The van der Waals surface area contributed by atoms with Crippen LogP contribution in [0.25, 0.3) is 0 Å². The number of ketones is 2. The minimum absolute atomic E-state index is 0.108. The number of nitrogens with zero attached hydrogens (tertiary/aromatic N) is 1. The molecule has 3 aromatic rings. The van der Waals surface area contributed by atoms with Crippen molar-refractivity contribution < 1.29 is 22.4 Å². The van der Waals surface area contributed by atoms with Gasteiger partial charge in [-0.15, -0.1) is 0 Å². The Morgan fingerprint density at radius 2 is 1.48 bits per heavy atom. The van der Waals surface area contributed by atoms with E-state index in [1.807, 2.05) is 0 Å². The van der Waals surface area contributed by atoms with E-state index >= 15 is 0 Å². The van der Waals surface area contributed by atoms with Crippen molar-refractivity contribution in [3.05, 3.63) is 95.6 Å². The molecule has 0 fully saturated rings. The normalized spacial score (nSPS) is 12.3. The van der Waals surface area contributed by atoms with Crippen LogP contribution in [0.4, 0.5) is 4.39 Å². The van der Waals surface area contributed by atoms with E-state index in [1.54, 1.807) is 12.1 Å². The number of benzene rings is 2. The molecule has 0 amide bonds. The van der Waals surface area contributed by atoms with Crippen molar-refractivity contribution in [1.29, 1.82) is 0 Å². The van der Waals surface area contributed by atoms with Crippen LogP contribution in [0.1, 0.15) is 38.6 Å². The fraction of sp³-hybridized carbons (Fsp3) is 0.136. The SMILES string of the molecule is CS(=O)(=O)c1ccc(C(=O)CC(C(=O)c2ccncc2)c2ccc(F)cc2)cc1. The number of hydrogen-bond donors (Lipinski definition) is 0. The Hall–Kier alpha value is -3.19. The Kier molecular flexibility index (Phi) is 5.98. The summed E-state index contributed by atoms with van der Waals surface area (Å²) in [5.41, 5.74) is 1.22. The zero-order valence-corrected chi connectivity index (χ0v) is 16.4. The fourth-order valence-corrected chi connectivity index (χ4v) is 3.60. The third-order valence-corrected chi connectivity index (χ3v) is 5.68. The number of rotatable bonds is 7. The molecule has 148 valence electrons. The standard InChI is InChI=1S/C22H18FNO4S/c1-29(27,28)19-8-4-16(5-9-19)21(25)14-20(15-2-6-18(23)7-3-15)22(26)17-10-12-24-13-11-17/h2-13,20H,14H2,1H3. The van der Waals surface area contributed by atoms with Gasteiger partial charge in [-0.25, -0.2) is 12.8 Å². The van der Waals surface area contributed by atoms with E-state index in [0.29, 0.717) is 16.7 Å². The molecular formula is C22H18FNO4S. The van der Waals surface area contributed by atoms with Crippen LogP contribution in [-0.2, 0) is 9.84 Å². The second-order valence-corrected chi connectivity index (χ2v) is 8.64. The predicted octanol–water partition coefficient (Wildman–Crippen LogP) is 3.86. The lowest BCUT2D eigenvalue weighted by Crippen LogP contribution is -2.17. The van der Waals surface area contributed by atoms with Gasteiger partial charge in [-0.2, -0.15) is 0 Å². The lowest BCUT2D eigenvalue weighted by atomic mass is 9.85. The van der Waals surface area contributed by atoms with E-state index in [2.05, 4.69) is 4.98 Å². The van der Waals surface area contributed by atoms with Crippen LogP contribution in [0, 0.1) is 5.82 Å². The molecule has 29 heavy (non-hydrogen) atoms. The van der Waals surface area contributed by atoms with Crippen LogP contribution >= 0.6 is 0 Å². The molecule has 3 rings (SSSR count). The van der Waals surface area contributed by atoms with E-state index in [-0.39, 0.29) is 22.9 Å². The highest BCUT2D eigenvalue weighted by atomic mass is 32.2. The van der Waals surface area contributed by atoms with Gasteiger partial charge in [0.25, 0.3) is 0 Å². The van der Waals surface area contributed by atoms with E-state index in [1.165, 1.54) is 60.9 Å². The lowest BCUT2D eigenvalue weighted by molar-refractivity contribution is 0.0893. The van der Waals surface area contributed by atoms with Crippen molar-refractivity contribution in [3.63, 3.8) is 0 Å². The van der Waals surface area contributed by atoms with Crippen molar-refractivity contribution in [3.8, 4) is 0 Å². The summed E-state index contributed by atoms with van der Waals surface area (Å²) in [6.07, 6.45) is 3.92. The fourth-order valence-electron chi connectivity index (χ4n) is 2.97. The Balaban J connectivity index is 1.91. The second-order valence-electron chi connectivity index (χ2n) is 6.63. The number of hydrogen-bond acceptors (Lipinski definition) is 5. The van der Waals surface area contributed by atoms with E-state index in [9.17, 15) is 22.4 Å². The van der Waals surface area contributed by atoms with Crippen LogP contribution in [0.15, 0.2) is 78.0 Å². The van der Waals surface area contributed by atoms with Crippen LogP contribution in [0.5, 0.6) is 0 Å². The summed E-state index contributed by atoms with van der Waals surface area (Å²) < 4.78 is 36.5. The van der Waals surface area contributed by atoms with E-state index in [4.69, 9.17) is 0 Å². The molecule has 2 aromatic carbocycles. The van der Waals surface area contributed by atoms with Gasteiger partial charge in [0.15, 0.2) is 21.4 Å². The average molecular weight is 411 g/mol. The largest absolute Gasteiger partial charge is 0.294 e. The highest BCUT2D eigenvalue weighted by Crippen LogP contribution is 2.27. The average Bonchev–Trinajstić information content (AvgIpc) is 2.72. The first kappa shape index (κ1) is 20.5. The van der Waals surface area contributed by atoms with Crippen molar-refractivity contribution in [1.82, 2.24) is 4.98 Å². The predicted molar refractivity (Wildman–Crippen MR) is 106 cm³/mol. The van der Waals surface area contributed by atoms with Crippen LogP contribution in [-0.4, -0.2) is 31.2 Å². The van der Waals surface area contributed by atoms with Crippen molar-refractivity contribution in [2.75, 3.05) is 6.26 Å². The Morgan fingerprint density at radius 1 is 0.897 bits per heavy atom. The quantitative estimate of drug-likeness (QED) is 0.552. The smallest absolute Gasteiger partial charge is 0.175 e. The first-order chi connectivity index (χ1) is 13.8. The molecule has 1 unspecified atom stereocenters. The van der Waals surface area contributed by atoms with E-state index < -0.39 is 21.6 Å². The van der Waals surface area contributed by atoms with Crippen molar-refractivity contribution in [2.24, 2.45) is 0 Å². The molecule has 0 aliphatic heterocycles. The van der Waals surface area contributed by atoms with Crippen LogP contribution in [0.3, 0.4) is 0 Å². The summed E-state index contributed by atoms with van der Waals surface area (Å²) in [4.78, 5) is 29.8. The number of aromatic nitrogens is 1. The van der Waals surface area contributed by atoms with Crippen LogP contribution < -0.4 is 0 Å². The van der Waals surface area contributed by atoms with Gasteiger partial charge < -0.3 is 0 Å². The molecule has 0 spiro atoms. The third-order valence-electron chi connectivity index (χ3n) is 4.55. The molecule has 0 saturated heterocycles. The molecule has 0 N–H and O–H groups in total. The molecule has 0 bridgehead atoms. The first-order valence-corrected chi connectivity index (χ1v) is 10.7. The van der Waals surface area contributed by atoms with Gasteiger partial charge in [0.2, 0.25) is 0 Å². The van der Waals surface area contributed by atoms with Gasteiger partial charge in [0.05, 0.1) is 10.8 Å². The molecule has 0 saturated carbocycles. The van der Waals surface area contributed by atoms with Gasteiger partial charge in [0, 0.05) is 36.2 Å². The van der Waals surface area contributed by atoms with Gasteiger partial charge in [-0.1, -0.05) is 24.3 Å². The van der Waals surface area contributed by atoms with Gasteiger partial charge in [-0.3, -0.25) is 14.6 Å². The minimum Gasteiger partial charge on any atom is -0.294 e. The molecule has 1 atom stereocenters. The maximum absolute atomic E-state index is 13.3. The number of pyridine rings is 1. The zero-order valence-electron chi connectivity index (χ0n) is 15.6. The first-order valence-electron chi connectivity index (χ1n) is 8.79. The molecule has 5 nitrogen and oxygen atoms in total. The number of carbonyl (C=O) groups is 2. The molecule has 0 aliphatic carbocycles. The molecular weight excluding hydrogens is 393 g/mol. The number of carbonyl (C=O) groups excluding carboxylic acids is 2. The zero-order chi connectivity index (χ0) is 21.0. The Morgan fingerprint density at radius 3 is 2.03 bits per heavy atom. The summed E-state index contributed by atoms with van der Waals surface area (Å²) in [7, 11) is -3.37. The minimum atomic E-state index is -3.37. The number of halogens is 1. The number of sulfone groups is 1. The summed E-state index contributed by atoms with van der Waals surface area (Å²) in [6.45, 7) is 0. The summed E-state index contributed by atoms with van der Waals surface area (Å²) >= 11 is 0. The van der Waals surface area contributed by atoms with Gasteiger partial charge >= 0.3 is 0 Å². The highest BCUT2D eigenvalue weighted by Gasteiger charge is 2.26. The lowest BCUT2D eigenvalue weighted by Gasteiger charge is -2.16.